The second kappa shape index (κ2) is 8.73. The van der Waals surface area contributed by atoms with E-state index in [4.69, 9.17) is 23.2 Å². The molecule has 5 nitrogen and oxygen atoms in total. The minimum Gasteiger partial charge on any atom is -0.345 e. The van der Waals surface area contributed by atoms with Gasteiger partial charge in [0.2, 0.25) is 0 Å². The van der Waals surface area contributed by atoms with E-state index in [2.05, 4.69) is 34.1 Å². The molecular weight excluding hydrogens is 455 g/mol. The Labute approximate surface area is 202 Å². The van der Waals surface area contributed by atoms with E-state index in [0.29, 0.717) is 26.8 Å². The number of nitrogens with one attached hydrogen (secondary N) is 1. The van der Waals surface area contributed by atoms with Gasteiger partial charge in [0.05, 0.1) is 22.8 Å². The molecule has 5 rings (SSSR count). The van der Waals surface area contributed by atoms with Crippen LogP contribution in [-0.2, 0) is 6.42 Å². The summed E-state index contributed by atoms with van der Waals surface area (Å²) in [4.78, 5) is 27.1. The summed E-state index contributed by atoms with van der Waals surface area (Å²) >= 11 is 12.5. The Morgan fingerprint density at radius 1 is 1.06 bits per heavy atom. The van der Waals surface area contributed by atoms with Gasteiger partial charge in [0.15, 0.2) is 0 Å². The molecule has 3 heterocycles. The first-order valence-electron chi connectivity index (χ1n) is 10.9. The molecule has 7 heteroatoms. The molecule has 1 amide bonds. The highest BCUT2D eigenvalue weighted by Crippen LogP contribution is 2.35. The fraction of sp³-hybridized carbons (Fsp3) is 0.231. The Morgan fingerprint density at radius 3 is 2.61 bits per heavy atom. The summed E-state index contributed by atoms with van der Waals surface area (Å²) < 4.78 is 0. The van der Waals surface area contributed by atoms with Crippen LogP contribution in [0.15, 0.2) is 55.0 Å². The first-order chi connectivity index (χ1) is 15.9. The molecule has 1 aliphatic carbocycles. The summed E-state index contributed by atoms with van der Waals surface area (Å²) in [5, 5.41) is 5.16. The van der Waals surface area contributed by atoms with Gasteiger partial charge in [0.1, 0.15) is 0 Å². The Bertz CT molecular complexity index is 1370. The van der Waals surface area contributed by atoms with Crippen LogP contribution in [0.5, 0.6) is 0 Å². The minimum atomic E-state index is -0.126. The summed E-state index contributed by atoms with van der Waals surface area (Å²) in [6.07, 6.45) is 6.90. The fourth-order valence-electron chi connectivity index (χ4n) is 4.65. The molecule has 0 radical (unpaired) electrons. The van der Waals surface area contributed by atoms with Crippen molar-refractivity contribution in [3.05, 3.63) is 87.4 Å². The highest BCUT2D eigenvalue weighted by atomic mass is 35.5. The van der Waals surface area contributed by atoms with Crippen LogP contribution in [0.4, 0.5) is 0 Å². The third kappa shape index (κ3) is 4.07. The van der Waals surface area contributed by atoms with Gasteiger partial charge in [-0.1, -0.05) is 43.1 Å². The predicted molar refractivity (Wildman–Crippen MR) is 132 cm³/mol. The number of hydrogen-bond acceptors (Lipinski definition) is 4. The molecule has 1 aromatic carbocycles. The molecule has 4 aromatic rings. The summed E-state index contributed by atoms with van der Waals surface area (Å²) in [6, 6.07) is 11.1. The van der Waals surface area contributed by atoms with Crippen LogP contribution in [0.1, 0.15) is 59.4 Å². The quantitative estimate of drug-likeness (QED) is 0.363. The van der Waals surface area contributed by atoms with Crippen LogP contribution in [0.2, 0.25) is 10.0 Å². The third-order valence-electron chi connectivity index (χ3n) is 6.06. The number of aromatic nitrogens is 3. The molecule has 33 heavy (non-hydrogen) atoms. The predicted octanol–water partition coefficient (Wildman–Crippen LogP) is 6.54. The molecule has 0 saturated heterocycles. The number of fused-ring (bicyclic) bond motifs is 2. The van der Waals surface area contributed by atoms with E-state index in [1.54, 1.807) is 24.7 Å². The van der Waals surface area contributed by atoms with Crippen LogP contribution < -0.4 is 5.32 Å². The Morgan fingerprint density at radius 2 is 1.85 bits per heavy atom. The lowest BCUT2D eigenvalue weighted by Gasteiger charge is -2.19. The molecule has 1 N–H and O–H groups in total. The lowest BCUT2D eigenvalue weighted by Crippen LogP contribution is -2.28. The first-order valence-corrected chi connectivity index (χ1v) is 11.7. The SMILES string of the molecule is CC(C)c1c(C(=O)N[C@H]2CCc3ncccc32)cnc2c(-c3cc(Cl)cc(Cl)c3)nccc12. The molecule has 0 aliphatic heterocycles. The highest BCUT2D eigenvalue weighted by Gasteiger charge is 2.27. The zero-order chi connectivity index (χ0) is 23.1. The van der Waals surface area contributed by atoms with Crippen LogP contribution in [0, 0.1) is 0 Å². The monoisotopic (exact) mass is 476 g/mol. The number of hydrogen-bond donors (Lipinski definition) is 1. The van der Waals surface area contributed by atoms with Crippen LogP contribution in [0.25, 0.3) is 22.2 Å². The van der Waals surface area contributed by atoms with E-state index < -0.39 is 0 Å². The number of rotatable bonds is 4. The molecule has 3 aromatic heterocycles. The molecule has 0 bridgehead atoms. The number of nitrogens with zero attached hydrogens (tertiary/aromatic N) is 3. The van der Waals surface area contributed by atoms with Crippen molar-refractivity contribution in [2.24, 2.45) is 0 Å². The van der Waals surface area contributed by atoms with Crippen molar-refractivity contribution in [2.45, 2.75) is 38.6 Å². The number of pyridine rings is 3. The van der Waals surface area contributed by atoms with E-state index in [1.807, 2.05) is 30.3 Å². The largest absolute Gasteiger partial charge is 0.345 e. The van der Waals surface area contributed by atoms with Crippen molar-refractivity contribution in [3.63, 3.8) is 0 Å². The lowest BCUT2D eigenvalue weighted by atomic mass is 9.92. The summed E-state index contributed by atoms with van der Waals surface area (Å²) in [5.41, 5.74) is 5.85. The van der Waals surface area contributed by atoms with Gasteiger partial charge >= 0.3 is 0 Å². The number of benzene rings is 1. The van der Waals surface area contributed by atoms with Gasteiger partial charge in [-0.05, 0) is 60.2 Å². The van der Waals surface area contributed by atoms with Gasteiger partial charge in [-0.25, -0.2) is 0 Å². The zero-order valence-corrected chi connectivity index (χ0v) is 19.8. The molecule has 166 valence electrons. The number of halogens is 2. The van der Waals surface area contributed by atoms with Gasteiger partial charge in [0, 0.05) is 45.3 Å². The topological polar surface area (TPSA) is 67.8 Å². The van der Waals surface area contributed by atoms with Crippen molar-refractivity contribution in [1.29, 1.82) is 0 Å². The standard InChI is InChI=1S/C26H22Cl2N4O/c1-14(2)23-19-7-9-30-24(15-10-16(27)12-17(28)11-15)25(19)31-13-20(23)26(33)32-22-6-5-21-18(22)4-3-8-29-21/h3-4,7-14,22H,5-6H2,1-2H3,(H,32,33)/t22-/m0/s1. The fourth-order valence-corrected chi connectivity index (χ4v) is 5.18. The zero-order valence-electron chi connectivity index (χ0n) is 18.3. The maximum Gasteiger partial charge on any atom is 0.253 e. The summed E-state index contributed by atoms with van der Waals surface area (Å²) in [6.45, 7) is 4.16. The molecule has 1 atom stereocenters. The van der Waals surface area contributed by atoms with E-state index in [-0.39, 0.29) is 17.9 Å². The minimum absolute atomic E-state index is 0.0430. The van der Waals surface area contributed by atoms with Crippen molar-refractivity contribution >= 4 is 40.0 Å². The van der Waals surface area contributed by atoms with Gasteiger partial charge in [-0.15, -0.1) is 0 Å². The van der Waals surface area contributed by atoms with Crippen LogP contribution in [-0.4, -0.2) is 20.9 Å². The molecule has 0 saturated carbocycles. The van der Waals surface area contributed by atoms with Gasteiger partial charge in [0.25, 0.3) is 5.91 Å². The van der Waals surface area contributed by atoms with E-state index in [9.17, 15) is 4.79 Å². The second-order valence-electron chi connectivity index (χ2n) is 8.56. The first kappa shape index (κ1) is 21.8. The van der Waals surface area contributed by atoms with Crippen molar-refractivity contribution in [3.8, 4) is 11.3 Å². The number of carbonyl (C=O) groups excluding carboxylic acids is 1. The highest BCUT2D eigenvalue weighted by molar-refractivity contribution is 6.35. The Kier molecular flexibility index (Phi) is 5.77. The van der Waals surface area contributed by atoms with Crippen LogP contribution in [0.3, 0.4) is 0 Å². The van der Waals surface area contributed by atoms with Crippen molar-refractivity contribution in [2.75, 3.05) is 0 Å². The smallest absolute Gasteiger partial charge is 0.253 e. The molecule has 0 spiro atoms. The van der Waals surface area contributed by atoms with Gasteiger partial charge in [-0.2, -0.15) is 0 Å². The van der Waals surface area contributed by atoms with E-state index >= 15 is 0 Å². The molecular formula is C26H22Cl2N4O. The van der Waals surface area contributed by atoms with Gasteiger partial charge in [-0.3, -0.25) is 19.7 Å². The van der Waals surface area contributed by atoms with E-state index in [0.717, 1.165) is 40.6 Å². The van der Waals surface area contributed by atoms with E-state index in [1.165, 1.54) is 0 Å². The maximum absolute atomic E-state index is 13.4. The summed E-state index contributed by atoms with van der Waals surface area (Å²) in [7, 11) is 0. The van der Waals surface area contributed by atoms with Crippen molar-refractivity contribution < 1.29 is 4.79 Å². The maximum atomic E-state index is 13.4. The van der Waals surface area contributed by atoms with Gasteiger partial charge < -0.3 is 5.32 Å². The summed E-state index contributed by atoms with van der Waals surface area (Å²) in [5.74, 6) is -0.0223. The lowest BCUT2D eigenvalue weighted by molar-refractivity contribution is 0.0935. The Balaban J connectivity index is 1.58. The Hall–Kier alpha value is -3.02. The average Bonchev–Trinajstić information content (AvgIpc) is 3.19. The number of aryl methyl sites for hydroxylation is 1. The third-order valence-corrected chi connectivity index (χ3v) is 6.50. The number of carbonyl (C=O) groups is 1. The number of amides is 1. The van der Waals surface area contributed by atoms with Crippen LogP contribution >= 0.6 is 23.2 Å². The van der Waals surface area contributed by atoms with Crippen molar-refractivity contribution in [1.82, 2.24) is 20.3 Å². The average molecular weight is 477 g/mol. The molecule has 0 fully saturated rings. The normalized spacial score (nSPS) is 15.1. The molecule has 1 aliphatic rings. The second-order valence-corrected chi connectivity index (χ2v) is 9.43. The molecule has 0 unspecified atom stereocenters.